The van der Waals surface area contributed by atoms with Crippen LogP contribution in [0.2, 0.25) is 0 Å². The van der Waals surface area contributed by atoms with Crippen LogP contribution in [-0.2, 0) is 13.0 Å². The molecule has 2 heterocycles. The summed E-state index contributed by atoms with van der Waals surface area (Å²) in [6.45, 7) is 2.11. The number of methoxy groups -OCH3 is 1. The van der Waals surface area contributed by atoms with Gasteiger partial charge in [-0.15, -0.1) is 10.2 Å². The van der Waals surface area contributed by atoms with Crippen LogP contribution in [0.4, 0.5) is 19.1 Å². The van der Waals surface area contributed by atoms with Gasteiger partial charge in [0.05, 0.1) is 7.11 Å². The summed E-state index contributed by atoms with van der Waals surface area (Å²) >= 11 is 3.61. The molecule has 0 spiro atoms. The third kappa shape index (κ3) is 5.81. The summed E-state index contributed by atoms with van der Waals surface area (Å²) < 4.78 is 50.1. The van der Waals surface area contributed by atoms with Gasteiger partial charge in [0.1, 0.15) is 5.75 Å². The normalized spacial score (nSPS) is 13.7. The molecule has 0 amide bonds. The number of alkyl halides is 3. The molecule has 3 aromatic rings. The molecule has 0 aliphatic heterocycles. The van der Waals surface area contributed by atoms with Crippen LogP contribution in [0.15, 0.2) is 41.0 Å². The van der Waals surface area contributed by atoms with E-state index in [2.05, 4.69) is 47.5 Å². The van der Waals surface area contributed by atoms with E-state index in [1.807, 2.05) is 18.2 Å². The number of hydrogen-bond donors (Lipinski definition) is 0. The fourth-order valence-corrected chi connectivity index (χ4v) is 4.13. The molecule has 1 aromatic carbocycles. The number of ether oxygens (including phenoxy) is 2. The van der Waals surface area contributed by atoms with Crippen LogP contribution >= 0.6 is 15.9 Å². The highest BCUT2D eigenvalue weighted by Gasteiger charge is 2.32. The largest absolute Gasteiger partial charge is 0.497 e. The maximum absolute atomic E-state index is 12.4. The summed E-state index contributed by atoms with van der Waals surface area (Å²) in [5.41, 5.74) is 1.73. The van der Waals surface area contributed by atoms with Crippen molar-refractivity contribution >= 4 is 21.9 Å². The first-order chi connectivity index (χ1) is 16.3. The molecule has 0 radical (unpaired) electrons. The second-order valence-electron chi connectivity index (χ2n) is 8.00. The van der Waals surface area contributed by atoms with Gasteiger partial charge in [-0.2, -0.15) is 13.2 Å². The first-order valence-electron chi connectivity index (χ1n) is 11.0. The molecule has 4 rings (SSSR count). The maximum atomic E-state index is 12.4. The van der Waals surface area contributed by atoms with Crippen molar-refractivity contribution in [2.24, 2.45) is 0 Å². The van der Waals surface area contributed by atoms with Crippen molar-refractivity contribution in [3.8, 4) is 23.0 Å². The molecule has 0 N–H and O–H groups in total. The summed E-state index contributed by atoms with van der Waals surface area (Å²) in [6, 6.07) is 9.33. The number of pyridine rings is 1. The summed E-state index contributed by atoms with van der Waals surface area (Å²) in [4.78, 5) is 6.27. The lowest BCUT2D eigenvalue weighted by molar-refractivity contribution is -0.154. The average molecular weight is 540 g/mol. The van der Waals surface area contributed by atoms with Gasteiger partial charge in [0, 0.05) is 41.4 Å². The molecule has 11 heteroatoms. The Labute approximate surface area is 204 Å². The van der Waals surface area contributed by atoms with Crippen molar-refractivity contribution in [3.05, 3.63) is 46.6 Å². The molecule has 0 atom stereocenters. The molecule has 0 bridgehead atoms. The predicted molar refractivity (Wildman–Crippen MR) is 125 cm³/mol. The Kier molecular flexibility index (Phi) is 7.30. The zero-order valence-electron chi connectivity index (χ0n) is 18.8. The minimum atomic E-state index is -4.40. The van der Waals surface area contributed by atoms with Crippen LogP contribution in [0.1, 0.15) is 25.3 Å². The predicted octanol–water partition coefficient (Wildman–Crippen LogP) is 5.28. The molecule has 0 unspecified atom stereocenters. The molecule has 182 valence electrons. The van der Waals surface area contributed by atoms with Crippen molar-refractivity contribution in [3.63, 3.8) is 0 Å². The van der Waals surface area contributed by atoms with Gasteiger partial charge >= 0.3 is 6.18 Å². The van der Waals surface area contributed by atoms with Crippen LogP contribution in [0.5, 0.6) is 11.6 Å². The van der Waals surface area contributed by atoms with Crippen molar-refractivity contribution in [1.82, 2.24) is 19.7 Å². The monoisotopic (exact) mass is 539 g/mol. The zero-order valence-corrected chi connectivity index (χ0v) is 20.4. The minimum Gasteiger partial charge on any atom is -0.497 e. The Bertz CT molecular complexity index is 1120. The molecule has 0 saturated heterocycles. The third-order valence-electron chi connectivity index (χ3n) is 5.54. The number of nitrogens with zero attached hydrogens (tertiary/aromatic N) is 5. The maximum Gasteiger partial charge on any atom is 0.422 e. The lowest BCUT2D eigenvalue weighted by Crippen LogP contribution is -2.28. The highest BCUT2D eigenvalue weighted by atomic mass is 79.9. The third-order valence-corrected chi connectivity index (χ3v) is 6.23. The zero-order chi connectivity index (χ0) is 24.3. The summed E-state index contributed by atoms with van der Waals surface area (Å²) in [5.74, 6) is 2.16. The number of halogens is 4. The quantitative estimate of drug-likeness (QED) is 0.349. The van der Waals surface area contributed by atoms with E-state index in [4.69, 9.17) is 9.47 Å². The van der Waals surface area contributed by atoms with Crippen LogP contribution in [0.3, 0.4) is 0 Å². The van der Waals surface area contributed by atoms with E-state index in [1.165, 1.54) is 12.3 Å². The number of rotatable bonds is 10. The molecular formula is C23H25BrF3N5O2. The topological polar surface area (TPSA) is 65.3 Å². The molecule has 1 fully saturated rings. The molecule has 1 aliphatic rings. The number of benzene rings is 1. The number of anilines is 1. The van der Waals surface area contributed by atoms with Crippen LogP contribution in [0, 0.1) is 0 Å². The molecular weight excluding hydrogens is 515 g/mol. The smallest absolute Gasteiger partial charge is 0.422 e. The van der Waals surface area contributed by atoms with E-state index < -0.39 is 12.8 Å². The van der Waals surface area contributed by atoms with Gasteiger partial charge < -0.3 is 14.4 Å². The Balaban J connectivity index is 1.59. The number of aryl methyl sites for hydroxylation is 1. The van der Waals surface area contributed by atoms with E-state index in [0.29, 0.717) is 30.6 Å². The van der Waals surface area contributed by atoms with Crippen molar-refractivity contribution in [2.75, 3.05) is 25.2 Å². The van der Waals surface area contributed by atoms with E-state index in [1.54, 1.807) is 13.2 Å². The van der Waals surface area contributed by atoms with Crippen LogP contribution < -0.4 is 14.4 Å². The van der Waals surface area contributed by atoms with Crippen LogP contribution in [-0.4, -0.2) is 52.2 Å². The molecule has 7 nitrogen and oxygen atoms in total. The highest BCUT2D eigenvalue weighted by Crippen LogP contribution is 2.35. The van der Waals surface area contributed by atoms with Crippen LogP contribution in [0.25, 0.3) is 11.4 Å². The van der Waals surface area contributed by atoms with Gasteiger partial charge in [-0.25, -0.2) is 4.98 Å². The second kappa shape index (κ2) is 10.2. The fraction of sp³-hybridized carbons (Fsp3) is 0.435. The summed E-state index contributed by atoms with van der Waals surface area (Å²) in [6.07, 6.45) is -0.0170. The molecule has 34 heavy (non-hydrogen) atoms. The molecule has 1 aliphatic carbocycles. The highest BCUT2D eigenvalue weighted by molar-refractivity contribution is 9.10. The first-order valence-corrected chi connectivity index (χ1v) is 11.8. The molecule has 1 saturated carbocycles. The Morgan fingerprint density at radius 3 is 2.59 bits per heavy atom. The van der Waals surface area contributed by atoms with Crippen molar-refractivity contribution in [2.45, 2.75) is 44.9 Å². The van der Waals surface area contributed by atoms with Crippen molar-refractivity contribution in [1.29, 1.82) is 0 Å². The SMILES string of the molecule is CCN(c1nnc(-c2cc(OC)ccc2Br)n1CCc1ccc(OCC(F)(F)F)nc1)C1CC1. The van der Waals surface area contributed by atoms with Gasteiger partial charge in [0.15, 0.2) is 12.4 Å². The Morgan fingerprint density at radius 1 is 1.18 bits per heavy atom. The average Bonchev–Trinajstić information content (AvgIpc) is 3.57. The molecule has 2 aromatic heterocycles. The van der Waals surface area contributed by atoms with Crippen molar-refractivity contribution < 1.29 is 22.6 Å². The number of hydrogen-bond acceptors (Lipinski definition) is 6. The minimum absolute atomic E-state index is 0.0575. The first kappa shape index (κ1) is 24.3. The van der Waals surface area contributed by atoms with Gasteiger partial charge in [0.2, 0.25) is 11.8 Å². The second-order valence-corrected chi connectivity index (χ2v) is 8.85. The van der Waals surface area contributed by atoms with Gasteiger partial charge in [-0.3, -0.25) is 4.57 Å². The number of aromatic nitrogens is 4. The Morgan fingerprint density at radius 2 is 1.97 bits per heavy atom. The fourth-order valence-electron chi connectivity index (χ4n) is 3.71. The van der Waals surface area contributed by atoms with Gasteiger partial charge in [-0.05, 0) is 49.9 Å². The van der Waals surface area contributed by atoms with E-state index in [9.17, 15) is 13.2 Å². The van der Waals surface area contributed by atoms with Gasteiger partial charge in [0.25, 0.3) is 0 Å². The van der Waals surface area contributed by atoms with E-state index >= 15 is 0 Å². The van der Waals surface area contributed by atoms with Gasteiger partial charge in [-0.1, -0.05) is 22.0 Å². The lowest BCUT2D eigenvalue weighted by atomic mass is 10.2. The summed E-state index contributed by atoms with van der Waals surface area (Å²) in [7, 11) is 1.62. The lowest BCUT2D eigenvalue weighted by Gasteiger charge is -2.23. The van der Waals surface area contributed by atoms with E-state index in [0.717, 1.165) is 40.9 Å². The van der Waals surface area contributed by atoms with E-state index in [-0.39, 0.29) is 5.88 Å². The summed E-state index contributed by atoms with van der Waals surface area (Å²) in [5, 5.41) is 9.05. The standard InChI is InChI=1S/C23H25BrF3N5O2/c1-3-31(16-5-6-16)22-30-29-21(18-12-17(33-2)7-8-19(18)24)32(22)11-10-15-4-9-20(28-13-15)34-14-23(25,26)27/h4,7-9,12-13,16H,3,5-6,10-11,14H2,1-2H3. The Hall–Kier alpha value is -2.82.